The number of rotatable bonds is 8. The standard InChI is InChI=1S/C22H28N4O2/c1-4-25(5-2)15-18-12-10-17(11-13-18)14-23-21(27)16-26-20-9-7-6-8-19(20)24(3)22(26)28/h6-13H,4-5,14-16H2,1-3H3,(H,23,27). The first kappa shape index (κ1) is 19.9. The van der Waals surface area contributed by atoms with Crippen LogP contribution in [0.1, 0.15) is 25.0 Å². The third kappa shape index (κ3) is 4.34. The number of benzene rings is 2. The van der Waals surface area contributed by atoms with Gasteiger partial charge in [-0.3, -0.25) is 18.8 Å². The van der Waals surface area contributed by atoms with E-state index in [2.05, 4.69) is 36.2 Å². The number of nitrogens with zero attached hydrogens (tertiary/aromatic N) is 3. The Morgan fingerprint density at radius 3 is 2.21 bits per heavy atom. The van der Waals surface area contributed by atoms with E-state index in [1.807, 2.05) is 36.4 Å². The summed E-state index contributed by atoms with van der Waals surface area (Å²) >= 11 is 0. The van der Waals surface area contributed by atoms with Crippen LogP contribution in [0.5, 0.6) is 0 Å². The molecule has 0 saturated carbocycles. The molecule has 28 heavy (non-hydrogen) atoms. The number of carbonyl (C=O) groups is 1. The Morgan fingerprint density at radius 1 is 0.964 bits per heavy atom. The number of fused-ring (bicyclic) bond motifs is 1. The number of nitrogens with one attached hydrogen (secondary N) is 1. The van der Waals surface area contributed by atoms with E-state index in [0.29, 0.717) is 6.54 Å². The number of para-hydroxylation sites is 2. The maximum absolute atomic E-state index is 12.4. The van der Waals surface area contributed by atoms with Crippen LogP contribution < -0.4 is 11.0 Å². The molecule has 1 amide bonds. The Labute approximate surface area is 165 Å². The van der Waals surface area contributed by atoms with E-state index in [-0.39, 0.29) is 18.1 Å². The zero-order chi connectivity index (χ0) is 20.1. The molecule has 148 valence electrons. The van der Waals surface area contributed by atoms with E-state index in [9.17, 15) is 9.59 Å². The van der Waals surface area contributed by atoms with Crippen molar-refractivity contribution in [1.82, 2.24) is 19.4 Å². The summed E-state index contributed by atoms with van der Waals surface area (Å²) in [5.74, 6) is -0.175. The molecule has 0 unspecified atom stereocenters. The molecule has 0 bridgehead atoms. The van der Waals surface area contributed by atoms with Gasteiger partial charge in [-0.05, 0) is 36.3 Å². The first-order valence-corrected chi connectivity index (χ1v) is 9.74. The molecule has 0 spiro atoms. The molecule has 6 heteroatoms. The smallest absolute Gasteiger partial charge is 0.329 e. The van der Waals surface area contributed by atoms with Gasteiger partial charge in [0.05, 0.1) is 11.0 Å². The second-order valence-electron chi connectivity index (χ2n) is 6.97. The van der Waals surface area contributed by atoms with E-state index in [1.165, 1.54) is 10.1 Å². The van der Waals surface area contributed by atoms with E-state index in [1.54, 1.807) is 11.6 Å². The van der Waals surface area contributed by atoms with Crippen molar-refractivity contribution in [3.63, 3.8) is 0 Å². The lowest BCUT2D eigenvalue weighted by atomic mass is 10.1. The van der Waals surface area contributed by atoms with Gasteiger partial charge in [-0.2, -0.15) is 0 Å². The monoisotopic (exact) mass is 380 g/mol. The summed E-state index contributed by atoms with van der Waals surface area (Å²) in [5.41, 5.74) is 3.72. The molecule has 0 saturated heterocycles. The molecule has 0 fully saturated rings. The average molecular weight is 380 g/mol. The molecule has 6 nitrogen and oxygen atoms in total. The highest BCUT2D eigenvalue weighted by molar-refractivity contribution is 5.80. The molecule has 0 aliphatic rings. The SMILES string of the molecule is CCN(CC)Cc1ccc(CNC(=O)Cn2c(=O)n(C)c3ccccc32)cc1. The zero-order valence-corrected chi connectivity index (χ0v) is 16.8. The molecule has 3 rings (SSSR count). The van der Waals surface area contributed by atoms with Gasteiger partial charge in [0.25, 0.3) is 0 Å². The number of aromatic nitrogens is 2. The predicted octanol–water partition coefficient (Wildman–Crippen LogP) is 2.50. The fraction of sp³-hybridized carbons (Fsp3) is 0.364. The van der Waals surface area contributed by atoms with Crippen LogP contribution in [-0.4, -0.2) is 33.0 Å². The third-order valence-electron chi connectivity index (χ3n) is 5.17. The topological polar surface area (TPSA) is 59.3 Å². The molecule has 2 aromatic carbocycles. The Kier molecular flexibility index (Phi) is 6.31. The number of amides is 1. The largest absolute Gasteiger partial charge is 0.350 e. The fourth-order valence-corrected chi connectivity index (χ4v) is 3.38. The number of imidazole rings is 1. The maximum Gasteiger partial charge on any atom is 0.329 e. The van der Waals surface area contributed by atoms with Crippen molar-refractivity contribution in [2.75, 3.05) is 13.1 Å². The van der Waals surface area contributed by atoms with E-state index in [4.69, 9.17) is 0 Å². The summed E-state index contributed by atoms with van der Waals surface area (Å²) in [6, 6.07) is 15.8. The fourth-order valence-electron chi connectivity index (χ4n) is 3.38. The van der Waals surface area contributed by atoms with Crippen molar-refractivity contribution >= 4 is 16.9 Å². The number of hydrogen-bond acceptors (Lipinski definition) is 3. The van der Waals surface area contributed by atoms with Gasteiger partial charge < -0.3 is 5.32 Å². The van der Waals surface area contributed by atoms with E-state index < -0.39 is 0 Å². The van der Waals surface area contributed by atoms with Gasteiger partial charge in [0.1, 0.15) is 6.54 Å². The lowest BCUT2D eigenvalue weighted by Gasteiger charge is -2.18. The summed E-state index contributed by atoms with van der Waals surface area (Å²) in [5, 5.41) is 2.91. The van der Waals surface area contributed by atoms with Crippen LogP contribution in [0.25, 0.3) is 11.0 Å². The number of aryl methyl sites for hydroxylation is 1. The highest BCUT2D eigenvalue weighted by Crippen LogP contribution is 2.11. The van der Waals surface area contributed by atoms with Crippen LogP contribution in [0.15, 0.2) is 53.3 Å². The van der Waals surface area contributed by atoms with E-state index >= 15 is 0 Å². The minimum Gasteiger partial charge on any atom is -0.350 e. The van der Waals surface area contributed by atoms with Gasteiger partial charge in [-0.15, -0.1) is 0 Å². The Morgan fingerprint density at radius 2 is 1.57 bits per heavy atom. The lowest BCUT2D eigenvalue weighted by molar-refractivity contribution is -0.121. The quantitative estimate of drug-likeness (QED) is 0.653. The molecule has 1 N–H and O–H groups in total. The molecular weight excluding hydrogens is 352 g/mol. The highest BCUT2D eigenvalue weighted by atomic mass is 16.2. The van der Waals surface area contributed by atoms with Gasteiger partial charge in [0.15, 0.2) is 0 Å². The van der Waals surface area contributed by atoms with Crippen LogP contribution in [0.4, 0.5) is 0 Å². The highest BCUT2D eigenvalue weighted by Gasteiger charge is 2.13. The number of carbonyl (C=O) groups excluding carboxylic acids is 1. The van der Waals surface area contributed by atoms with Gasteiger partial charge in [0.2, 0.25) is 5.91 Å². The Hall–Kier alpha value is -2.86. The van der Waals surface area contributed by atoms with Crippen LogP contribution in [0.2, 0.25) is 0 Å². The van der Waals surface area contributed by atoms with Crippen molar-refractivity contribution in [2.24, 2.45) is 7.05 Å². The van der Waals surface area contributed by atoms with Gasteiger partial charge in [0, 0.05) is 20.1 Å². The summed E-state index contributed by atoms with van der Waals surface area (Å²) in [6.45, 7) is 7.78. The summed E-state index contributed by atoms with van der Waals surface area (Å²) in [7, 11) is 1.72. The molecule has 1 heterocycles. The van der Waals surface area contributed by atoms with Crippen LogP contribution in [0.3, 0.4) is 0 Å². The van der Waals surface area contributed by atoms with Gasteiger partial charge in [-0.25, -0.2) is 4.79 Å². The minimum atomic E-state index is -0.183. The minimum absolute atomic E-state index is 0.0141. The second kappa shape index (κ2) is 8.89. The average Bonchev–Trinajstić information content (AvgIpc) is 2.96. The van der Waals surface area contributed by atoms with Crippen molar-refractivity contribution < 1.29 is 4.79 Å². The van der Waals surface area contributed by atoms with Crippen LogP contribution in [-0.2, 0) is 31.5 Å². The molecule has 0 radical (unpaired) electrons. The lowest BCUT2D eigenvalue weighted by Crippen LogP contribution is -2.32. The second-order valence-corrected chi connectivity index (χ2v) is 6.97. The summed E-state index contributed by atoms with van der Waals surface area (Å²) in [4.78, 5) is 27.2. The van der Waals surface area contributed by atoms with Crippen LogP contribution >= 0.6 is 0 Å². The molecule has 0 atom stereocenters. The van der Waals surface area contributed by atoms with Gasteiger partial charge >= 0.3 is 5.69 Å². The normalized spacial score (nSPS) is 11.3. The van der Waals surface area contributed by atoms with Gasteiger partial charge in [-0.1, -0.05) is 50.2 Å². The molecular formula is C22H28N4O2. The third-order valence-corrected chi connectivity index (χ3v) is 5.17. The molecule has 0 aliphatic heterocycles. The predicted molar refractivity (Wildman–Crippen MR) is 112 cm³/mol. The first-order valence-electron chi connectivity index (χ1n) is 9.74. The van der Waals surface area contributed by atoms with Crippen LogP contribution in [0, 0.1) is 0 Å². The Balaban J connectivity index is 1.61. The Bertz CT molecular complexity index is 998. The van der Waals surface area contributed by atoms with Crippen molar-refractivity contribution in [1.29, 1.82) is 0 Å². The zero-order valence-electron chi connectivity index (χ0n) is 16.8. The summed E-state index contributed by atoms with van der Waals surface area (Å²) < 4.78 is 3.08. The van der Waals surface area contributed by atoms with Crippen molar-refractivity contribution in [3.05, 3.63) is 70.1 Å². The van der Waals surface area contributed by atoms with Crippen molar-refractivity contribution in [3.8, 4) is 0 Å². The molecule has 0 aliphatic carbocycles. The molecule has 1 aromatic heterocycles. The van der Waals surface area contributed by atoms with E-state index in [0.717, 1.165) is 36.2 Å². The van der Waals surface area contributed by atoms with Crippen molar-refractivity contribution in [2.45, 2.75) is 33.5 Å². The first-order chi connectivity index (χ1) is 13.5. The number of hydrogen-bond donors (Lipinski definition) is 1. The maximum atomic E-state index is 12.4. The summed E-state index contributed by atoms with van der Waals surface area (Å²) in [6.07, 6.45) is 0. The molecule has 3 aromatic rings.